The maximum absolute atomic E-state index is 12.8. The minimum absolute atomic E-state index is 0.0750. The van der Waals surface area contributed by atoms with Crippen LogP contribution in [-0.2, 0) is 25.7 Å². The summed E-state index contributed by atoms with van der Waals surface area (Å²) in [6.45, 7) is 11.7. The predicted molar refractivity (Wildman–Crippen MR) is 137 cm³/mol. The van der Waals surface area contributed by atoms with E-state index in [1.807, 2.05) is 31.2 Å². The fourth-order valence-electron chi connectivity index (χ4n) is 3.74. The summed E-state index contributed by atoms with van der Waals surface area (Å²) in [6, 6.07) is 7.88. The summed E-state index contributed by atoms with van der Waals surface area (Å²) in [6.07, 6.45) is 5.66. The van der Waals surface area contributed by atoms with E-state index in [9.17, 15) is 9.59 Å². The highest BCUT2D eigenvalue weighted by Crippen LogP contribution is 2.30. The predicted octanol–water partition coefficient (Wildman–Crippen LogP) is 5.92. The largest absolute Gasteiger partial charge is 0.497 e. The molecular weight excluding hydrogens is 430 g/mol. The van der Waals surface area contributed by atoms with Crippen molar-refractivity contribution < 1.29 is 23.8 Å². The van der Waals surface area contributed by atoms with Crippen molar-refractivity contribution in [1.82, 2.24) is 5.32 Å². The maximum atomic E-state index is 12.8. The SMILES string of the molecule is CNC(=O)CCC[C@H](C)C[C@H](OC(=O)[C@@H](C)CCCCOCc1ccc(OC)cc1)C(C)(C)C. The van der Waals surface area contributed by atoms with Gasteiger partial charge in [0.2, 0.25) is 5.91 Å². The number of rotatable bonds is 16. The molecule has 194 valence electrons. The maximum Gasteiger partial charge on any atom is 0.308 e. The van der Waals surface area contributed by atoms with Gasteiger partial charge in [-0.3, -0.25) is 9.59 Å². The van der Waals surface area contributed by atoms with E-state index in [0.29, 0.717) is 25.6 Å². The van der Waals surface area contributed by atoms with Crippen LogP contribution in [-0.4, -0.2) is 38.7 Å². The summed E-state index contributed by atoms with van der Waals surface area (Å²) in [5.41, 5.74) is 0.994. The minimum atomic E-state index is -0.134. The van der Waals surface area contributed by atoms with Gasteiger partial charge in [-0.25, -0.2) is 0 Å². The molecule has 0 unspecified atom stereocenters. The molecule has 6 heteroatoms. The molecule has 0 saturated heterocycles. The summed E-state index contributed by atoms with van der Waals surface area (Å²) >= 11 is 0. The lowest BCUT2D eigenvalue weighted by molar-refractivity contribution is -0.160. The van der Waals surface area contributed by atoms with Crippen LogP contribution in [0.2, 0.25) is 0 Å². The Hall–Kier alpha value is -2.08. The average molecular weight is 478 g/mol. The lowest BCUT2D eigenvalue weighted by Crippen LogP contribution is -2.35. The second kappa shape index (κ2) is 15.8. The highest BCUT2D eigenvalue weighted by Gasteiger charge is 2.31. The van der Waals surface area contributed by atoms with Crippen molar-refractivity contribution in [2.24, 2.45) is 17.3 Å². The zero-order valence-electron chi connectivity index (χ0n) is 22.4. The van der Waals surface area contributed by atoms with Crippen molar-refractivity contribution in [3.05, 3.63) is 29.8 Å². The van der Waals surface area contributed by atoms with Crippen LogP contribution in [0.3, 0.4) is 0 Å². The molecule has 1 N–H and O–H groups in total. The summed E-state index contributed by atoms with van der Waals surface area (Å²) in [5, 5.41) is 2.66. The van der Waals surface area contributed by atoms with Gasteiger partial charge in [0, 0.05) is 20.1 Å². The van der Waals surface area contributed by atoms with Gasteiger partial charge in [0.1, 0.15) is 11.9 Å². The fraction of sp³-hybridized carbons (Fsp3) is 0.714. The summed E-state index contributed by atoms with van der Waals surface area (Å²) in [4.78, 5) is 24.2. The average Bonchev–Trinajstić information content (AvgIpc) is 2.80. The van der Waals surface area contributed by atoms with E-state index in [-0.39, 0.29) is 29.3 Å². The smallest absolute Gasteiger partial charge is 0.308 e. The highest BCUT2D eigenvalue weighted by atomic mass is 16.5. The van der Waals surface area contributed by atoms with E-state index in [4.69, 9.17) is 14.2 Å². The molecule has 0 aliphatic heterocycles. The third kappa shape index (κ3) is 12.4. The molecule has 0 bridgehead atoms. The van der Waals surface area contributed by atoms with E-state index in [1.165, 1.54) is 0 Å². The Kier molecular flexibility index (Phi) is 13.9. The van der Waals surface area contributed by atoms with Crippen molar-refractivity contribution in [2.75, 3.05) is 20.8 Å². The molecule has 0 heterocycles. The van der Waals surface area contributed by atoms with E-state index in [1.54, 1.807) is 14.2 Å². The Morgan fingerprint density at radius 1 is 1.00 bits per heavy atom. The van der Waals surface area contributed by atoms with Gasteiger partial charge in [0.25, 0.3) is 0 Å². The molecule has 3 atom stereocenters. The minimum Gasteiger partial charge on any atom is -0.497 e. The van der Waals surface area contributed by atoms with Gasteiger partial charge in [0.05, 0.1) is 19.6 Å². The molecule has 0 aromatic heterocycles. The number of esters is 1. The van der Waals surface area contributed by atoms with Crippen molar-refractivity contribution in [2.45, 2.75) is 92.3 Å². The third-order valence-electron chi connectivity index (χ3n) is 6.23. The molecule has 1 aromatic carbocycles. The first-order valence-electron chi connectivity index (χ1n) is 12.7. The van der Waals surface area contributed by atoms with Crippen LogP contribution < -0.4 is 10.1 Å². The number of carbonyl (C=O) groups excluding carboxylic acids is 2. The van der Waals surface area contributed by atoms with Crippen LogP contribution in [0.4, 0.5) is 0 Å². The van der Waals surface area contributed by atoms with Gasteiger partial charge >= 0.3 is 5.97 Å². The molecule has 0 saturated carbocycles. The fourth-order valence-corrected chi connectivity index (χ4v) is 3.74. The Bertz CT molecular complexity index is 711. The van der Waals surface area contributed by atoms with Crippen LogP contribution in [0.25, 0.3) is 0 Å². The van der Waals surface area contributed by atoms with E-state index in [0.717, 1.165) is 49.8 Å². The van der Waals surface area contributed by atoms with Gasteiger partial charge in [-0.2, -0.15) is 0 Å². The molecule has 34 heavy (non-hydrogen) atoms. The molecule has 1 amide bonds. The van der Waals surface area contributed by atoms with Crippen molar-refractivity contribution >= 4 is 11.9 Å². The number of nitrogens with one attached hydrogen (secondary N) is 1. The van der Waals surface area contributed by atoms with E-state index >= 15 is 0 Å². The summed E-state index contributed by atoms with van der Waals surface area (Å²) in [5.74, 6) is 1.06. The highest BCUT2D eigenvalue weighted by molar-refractivity contribution is 5.75. The van der Waals surface area contributed by atoms with Gasteiger partial charge in [-0.05, 0) is 54.7 Å². The summed E-state index contributed by atoms with van der Waals surface area (Å²) < 4.78 is 16.9. The number of carbonyl (C=O) groups is 2. The quantitative estimate of drug-likeness (QED) is 0.236. The van der Waals surface area contributed by atoms with E-state index < -0.39 is 0 Å². The first-order valence-corrected chi connectivity index (χ1v) is 12.7. The molecular formula is C28H47NO5. The number of unbranched alkanes of at least 4 members (excludes halogenated alkanes) is 1. The Balaban J connectivity index is 2.33. The Morgan fingerprint density at radius 3 is 2.26 bits per heavy atom. The monoisotopic (exact) mass is 477 g/mol. The van der Waals surface area contributed by atoms with Gasteiger partial charge in [0.15, 0.2) is 0 Å². The molecule has 6 nitrogen and oxygen atoms in total. The summed E-state index contributed by atoms with van der Waals surface area (Å²) in [7, 11) is 3.32. The van der Waals surface area contributed by atoms with Crippen LogP contribution in [0.15, 0.2) is 24.3 Å². The number of hydrogen-bond donors (Lipinski definition) is 1. The van der Waals surface area contributed by atoms with Gasteiger partial charge in [-0.15, -0.1) is 0 Å². The molecule has 1 rings (SSSR count). The number of methoxy groups -OCH3 is 1. The zero-order valence-corrected chi connectivity index (χ0v) is 22.4. The Labute approximate surface area is 207 Å². The first kappa shape index (κ1) is 30.0. The molecule has 0 aliphatic rings. The van der Waals surface area contributed by atoms with Crippen molar-refractivity contribution in [3.63, 3.8) is 0 Å². The second-order valence-electron chi connectivity index (χ2n) is 10.5. The van der Waals surface area contributed by atoms with Gasteiger partial charge < -0.3 is 19.5 Å². The lowest BCUT2D eigenvalue weighted by atomic mass is 9.82. The first-order chi connectivity index (χ1) is 16.1. The standard InChI is InChI=1S/C28H47NO5/c1-21(11-10-13-26(30)29-6)19-25(28(3,4)5)34-27(31)22(2)12-8-9-18-33-20-23-14-16-24(32-7)17-15-23/h14-17,21-22,25H,8-13,18-20H2,1-7H3,(H,29,30)/t21-,22-,25-/m0/s1. The molecule has 0 aliphatic carbocycles. The van der Waals surface area contributed by atoms with Gasteiger partial charge in [-0.1, -0.05) is 59.6 Å². The molecule has 0 radical (unpaired) electrons. The van der Waals surface area contributed by atoms with Crippen LogP contribution in [0, 0.1) is 17.3 Å². The zero-order chi connectivity index (χ0) is 25.6. The van der Waals surface area contributed by atoms with Crippen LogP contribution in [0.1, 0.15) is 85.1 Å². The number of hydrogen-bond acceptors (Lipinski definition) is 5. The normalized spacial score (nSPS) is 14.2. The molecule has 0 fully saturated rings. The Morgan fingerprint density at radius 2 is 1.68 bits per heavy atom. The van der Waals surface area contributed by atoms with E-state index in [2.05, 4.69) is 33.0 Å². The lowest BCUT2D eigenvalue weighted by Gasteiger charge is -2.33. The third-order valence-corrected chi connectivity index (χ3v) is 6.23. The van der Waals surface area contributed by atoms with Crippen molar-refractivity contribution in [3.8, 4) is 5.75 Å². The number of benzene rings is 1. The van der Waals surface area contributed by atoms with Crippen molar-refractivity contribution in [1.29, 1.82) is 0 Å². The molecule has 1 aromatic rings. The second-order valence-corrected chi connectivity index (χ2v) is 10.5. The number of amides is 1. The number of ether oxygens (including phenoxy) is 3. The van der Waals surface area contributed by atoms with Crippen LogP contribution >= 0.6 is 0 Å². The molecule has 0 spiro atoms. The van der Waals surface area contributed by atoms with Crippen LogP contribution in [0.5, 0.6) is 5.75 Å². The topological polar surface area (TPSA) is 73.9 Å².